The Hall–Kier alpha value is -1.38. The molecule has 1 saturated heterocycles. The number of aromatic nitrogens is 2. The first-order chi connectivity index (χ1) is 15.0. The van der Waals surface area contributed by atoms with Crippen molar-refractivity contribution in [1.82, 2.24) is 14.7 Å². The first kappa shape index (κ1) is 21.5. The van der Waals surface area contributed by atoms with Gasteiger partial charge < -0.3 is 4.74 Å². The van der Waals surface area contributed by atoms with Crippen LogP contribution in [-0.4, -0.2) is 46.7 Å². The fourth-order valence-corrected chi connectivity index (χ4v) is 6.19. The first-order valence-electron chi connectivity index (χ1n) is 10.3. The van der Waals surface area contributed by atoms with Gasteiger partial charge in [-0.1, -0.05) is 41.0 Å². The summed E-state index contributed by atoms with van der Waals surface area (Å²) in [6.07, 6.45) is 4.12. The molecule has 0 saturated carbocycles. The van der Waals surface area contributed by atoms with Crippen molar-refractivity contribution < 1.29 is 9.53 Å². The van der Waals surface area contributed by atoms with Crippen molar-refractivity contribution >= 4 is 56.3 Å². The number of thiophene rings is 1. The molecule has 9 heteroatoms. The number of carbonyl (C=O) groups excluding carboxylic acids is 1. The maximum absolute atomic E-state index is 13.4. The average Bonchev–Trinajstić information content (AvgIpc) is 3.24. The minimum atomic E-state index is 0.0414. The summed E-state index contributed by atoms with van der Waals surface area (Å²) >= 11 is 17.8. The quantitative estimate of drug-likeness (QED) is 0.366. The van der Waals surface area contributed by atoms with Crippen LogP contribution in [0.3, 0.4) is 0 Å². The Kier molecular flexibility index (Phi) is 6.14. The zero-order valence-corrected chi connectivity index (χ0v) is 20.6. The molecule has 4 heterocycles. The number of halogens is 3. The van der Waals surface area contributed by atoms with Crippen molar-refractivity contribution in [3.05, 3.63) is 49.4 Å². The molecule has 5 rings (SSSR count). The molecule has 2 aliphatic heterocycles. The molecule has 2 aliphatic rings. The lowest BCUT2D eigenvalue weighted by molar-refractivity contribution is 0.0909. The summed E-state index contributed by atoms with van der Waals surface area (Å²) in [5.41, 5.74) is 3.89. The number of nitrogens with zero attached hydrogens (tertiary/aromatic N) is 3. The Morgan fingerprint density at radius 2 is 2.00 bits per heavy atom. The molecule has 31 heavy (non-hydrogen) atoms. The predicted molar refractivity (Wildman–Crippen MR) is 128 cm³/mol. The molecule has 0 amide bonds. The fourth-order valence-electron chi connectivity index (χ4n) is 4.27. The van der Waals surface area contributed by atoms with Crippen LogP contribution in [0.5, 0.6) is 5.06 Å². The molecule has 5 nitrogen and oxygen atoms in total. The number of rotatable bonds is 4. The van der Waals surface area contributed by atoms with E-state index in [0.717, 1.165) is 51.6 Å². The van der Waals surface area contributed by atoms with Crippen LogP contribution < -0.4 is 4.74 Å². The number of hydrogen-bond acceptors (Lipinski definition) is 5. The van der Waals surface area contributed by atoms with Crippen LogP contribution in [0.4, 0.5) is 0 Å². The van der Waals surface area contributed by atoms with Crippen LogP contribution in [0.1, 0.15) is 35.3 Å². The van der Waals surface area contributed by atoms with Gasteiger partial charge in [-0.05, 0) is 66.1 Å². The lowest BCUT2D eigenvalue weighted by atomic mass is 10.0. The summed E-state index contributed by atoms with van der Waals surface area (Å²) in [4.78, 5) is 15.6. The second-order valence-electron chi connectivity index (χ2n) is 7.79. The van der Waals surface area contributed by atoms with Crippen molar-refractivity contribution in [2.45, 2.75) is 25.7 Å². The monoisotopic (exact) mass is 539 g/mol. The number of benzene rings is 1. The van der Waals surface area contributed by atoms with Gasteiger partial charge in [-0.15, -0.1) is 0 Å². The Morgan fingerprint density at radius 3 is 2.77 bits per heavy atom. The summed E-state index contributed by atoms with van der Waals surface area (Å²) < 4.78 is 8.75. The topological polar surface area (TPSA) is 47.4 Å². The van der Waals surface area contributed by atoms with Crippen LogP contribution in [0.2, 0.25) is 10.0 Å². The number of carbonyl (C=O) groups is 1. The van der Waals surface area contributed by atoms with Crippen LogP contribution >= 0.6 is 50.5 Å². The van der Waals surface area contributed by atoms with Crippen molar-refractivity contribution in [2.24, 2.45) is 0 Å². The second kappa shape index (κ2) is 8.87. The van der Waals surface area contributed by atoms with E-state index in [4.69, 9.17) is 33.0 Å². The van der Waals surface area contributed by atoms with Crippen molar-refractivity contribution in [2.75, 3.05) is 26.2 Å². The molecular weight excluding hydrogens is 521 g/mol. The van der Waals surface area contributed by atoms with E-state index in [9.17, 15) is 4.79 Å². The highest BCUT2D eigenvalue weighted by Gasteiger charge is 2.31. The van der Waals surface area contributed by atoms with Crippen molar-refractivity contribution in [1.29, 1.82) is 0 Å². The minimum Gasteiger partial charge on any atom is -0.483 e. The van der Waals surface area contributed by atoms with E-state index < -0.39 is 0 Å². The number of ketones is 1. The van der Waals surface area contributed by atoms with Gasteiger partial charge in [-0.2, -0.15) is 5.10 Å². The molecule has 3 aromatic rings. The van der Waals surface area contributed by atoms with Crippen LogP contribution in [0.25, 0.3) is 16.9 Å². The van der Waals surface area contributed by atoms with E-state index in [-0.39, 0.29) is 5.78 Å². The number of Topliss-reactive ketones (excluding diaryl/α,β-unsaturated/α-hetero) is 1. The average molecular weight is 541 g/mol. The Balaban J connectivity index is 1.65. The van der Waals surface area contributed by atoms with Gasteiger partial charge in [-0.25, -0.2) is 4.68 Å². The third-order valence-electron chi connectivity index (χ3n) is 5.71. The summed E-state index contributed by atoms with van der Waals surface area (Å²) in [5, 5.41) is 6.66. The van der Waals surface area contributed by atoms with E-state index in [0.29, 0.717) is 41.0 Å². The minimum absolute atomic E-state index is 0.0414. The van der Waals surface area contributed by atoms with Gasteiger partial charge in [-0.3, -0.25) is 9.69 Å². The van der Waals surface area contributed by atoms with Gasteiger partial charge in [0.2, 0.25) is 0 Å². The number of likely N-dealkylation sites (tertiary alicyclic amines) is 1. The van der Waals surface area contributed by atoms with Gasteiger partial charge in [0.15, 0.2) is 10.8 Å². The molecule has 162 valence electrons. The van der Waals surface area contributed by atoms with Gasteiger partial charge in [0, 0.05) is 17.0 Å². The molecule has 0 N–H and O–H groups in total. The first-order valence-corrected chi connectivity index (χ1v) is 12.6. The van der Waals surface area contributed by atoms with E-state index >= 15 is 0 Å². The highest BCUT2D eigenvalue weighted by molar-refractivity contribution is 9.11. The van der Waals surface area contributed by atoms with Gasteiger partial charge in [0.1, 0.15) is 5.69 Å². The molecule has 0 radical (unpaired) electrons. The number of hydrogen-bond donors (Lipinski definition) is 0. The van der Waals surface area contributed by atoms with E-state index in [1.807, 2.05) is 12.1 Å². The molecule has 0 aliphatic carbocycles. The third kappa shape index (κ3) is 4.18. The van der Waals surface area contributed by atoms with E-state index in [1.165, 1.54) is 17.8 Å². The van der Waals surface area contributed by atoms with E-state index in [1.54, 1.807) is 16.8 Å². The number of piperidine rings is 1. The molecule has 0 bridgehead atoms. The van der Waals surface area contributed by atoms with Crippen LogP contribution in [0, 0.1) is 0 Å². The summed E-state index contributed by atoms with van der Waals surface area (Å²) in [7, 11) is 0. The standard InChI is InChI=1S/C22H20BrCl2N3O2S/c23-19-11-15-21-14(6-9-30-22(15)31-19)20(18(29)12-27-7-2-1-3-8-27)26-28(21)17-5-4-13(24)10-16(17)25/h4-5,10-11H,1-3,6-9,12H2. The van der Waals surface area contributed by atoms with Crippen LogP contribution in [-0.2, 0) is 6.42 Å². The van der Waals surface area contributed by atoms with Crippen LogP contribution in [0.15, 0.2) is 28.1 Å². The molecular formula is C22H20BrCl2N3O2S. The SMILES string of the molecule is O=C(CN1CCCCC1)c1nn(-c2ccc(Cl)cc2Cl)c2c1CCOc1sc(Br)cc1-2. The lowest BCUT2D eigenvalue weighted by Crippen LogP contribution is -2.34. The number of fused-ring (bicyclic) bond motifs is 3. The lowest BCUT2D eigenvalue weighted by Gasteiger charge is -2.25. The third-order valence-corrected chi connectivity index (χ3v) is 7.80. The molecule has 0 atom stereocenters. The molecule has 2 aromatic heterocycles. The highest BCUT2D eigenvalue weighted by Crippen LogP contribution is 2.45. The van der Waals surface area contributed by atoms with Crippen molar-refractivity contribution in [3.8, 4) is 22.0 Å². The fraction of sp³-hybridized carbons (Fsp3) is 0.364. The number of ether oxygens (including phenoxy) is 1. The van der Waals surface area contributed by atoms with Gasteiger partial charge >= 0.3 is 0 Å². The molecule has 1 fully saturated rings. The summed E-state index contributed by atoms with van der Waals surface area (Å²) in [6.45, 7) is 2.81. The van der Waals surface area contributed by atoms with E-state index in [2.05, 4.69) is 20.8 Å². The van der Waals surface area contributed by atoms with Gasteiger partial charge in [0.05, 0.1) is 38.9 Å². The second-order valence-corrected chi connectivity index (χ2v) is 11.0. The zero-order valence-electron chi connectivity index (χ0n) is 16.7. The van der Waals surface area contributed by atoms with Crippen molar-refractivity contribution in [3.63, 3.8) is 0 Å². The maximum atomic E-state index is 13.4. The largest absolute Gasteiger partial charge is 0.483 e. The molecule has 0 unspecified atom stereocenters. The maximum Gasteiger partial charge on any atom is 0.197 e. The van der Waals surface area contributed by atoms with Gasteiger partial charge in [0.25, 0.3) is 0 Å². The predicted octanol–water partition coefficient (Wildman–Crippen LogP) is 6.27. The Morgan fingerprint density at radius 1 is 1.19 bits per heavy atom. The summed E-state index contributed by atoms with van der Waals surface area (Å²) in [5.74, 6) is 0.0414. The normalized spacial score (nSPS) is 16.4. The molecule has 0 spiro atoms. The zero-order chi connectivity index (χ0) is 21.5. The Labute approximate surface area is 203 Å². The molecule has 1 aromatic carbocycles. The highest BCUT2D eigenvalue weighted by atomic mass is 79.9. The summed E-state index contributed by atoms with van der Waals surface area (Å²) in [6, 6.07) is 7.33. The smallest absolute Gasteiger partial charge is 0.197 e. The Bertz CT molecular complexity index is 1150.